The number of hydrogen-bond donors (Lipinski definition) is 2. The number of hydrogen-bond acceptors (Lipinski definition) is 10. The highest BCUT2D eigenvalue weighted by molar-refractivity contribution is 7.92. The number of sulfonamides is 1. The monoisotopic (exact) mass is 664 g/mol. The van der Waals surface area contributed by atoms with E-state index in [1.807, 2.05) is 12.1 Å². The van der Waals surface area contributed by atoms with Crippen LogP contribution in [-0.4, -0.2) is 101 Å². The number of nitrogens with one attached hydrogen (secondary N) is 2. The molecule has 0 saturated carbocycles. The molecule has 0 bridgehead atoms. The smallest absolute Gasteiger partial charge is 0.421 e. The van der Waals surface area contributed by atoms with Crippen LogP contribution in [0.2, 0.25) is 0 Å². The van der Waals surface area contributed by atoms with Gasteiger partial charge >= 0.3 is 6.18 Å². The van der Waals surface area contributed by atoms with E-state index >= 15 is 0 Å². The normalized spacial score (nSPS) is 14.2. The Balaban J connectivity index is 1.53. The number of aromatic nitrogens is 2. The molecule has 1 saturated heterocycles. The van der Waals surface area contributed by atoms with Gasteiger partial charge in [0.15, 0.2) is 0 Å². The molecule has 12 nitrogen and oxygen atoms in total. The first-order valence-corrected chi connectivity index (χ1v) is 16.3. The number of benzene rings is 2. The Kier molecular flexibility index (Phi) is 10.5. The summed E-state index contributed by atoms with van der Waals surface area (Å²) in [7, 11) is 2.72. The van der Waals surface area contributed by atoms with E-state index in [4.69, 9.17) is 4.74 Å². The third-order valence-electron chi connectivity index (χ3n) is 7.64. The zero-order chi connectivity index (χ0) is 33.8. The fourth-order valence-corrected chi connectivity index (χ4v) is 5.38. The summed E-state index contributed by atoms with van der Waals surface area (Å²) >= 11 is 0. The second-order valence-electron chi connectivity index (χ2n) is 11.2. The number of carbonyl (C=O) groups is 1. The molecule has 2 N–H and O–H groups in total. The molecule has 1 aromatic heterocycles. The van der Waals surface area contributed by atoms with Gasteiger partial charge in [0.1, 0.15) is 17.1 Å². The van der Waals surface area contributed by atoms with Gasteiger partial charge in [-0.2, -0.15) is 18.2 Å². The number of halogens is 3. The van der Waals surface area contributed by atoms with Crippen molar-refractivity contribution in [1.82, 2.24) is 19.8 Å². The number of anilines is 5. The Morgan fingerprint density at radius 3 is 2.37 bits per heavy atom. The first kappa shape index (κ1) is 34.6. The lowest BCUT2D eigenvalue weighted by atomic mass is 10.1. The summed E-state index contributed by atoms with van der Waals surface area (Å²) in [6.07, 6.45) is -3.00. The highest BCUT2D eigenvalue weighted by Crippen LogP contribution is 2.36. The van der Waals surface area contributed by atoms with Crippen LogP contribution in [0.5, 0.6) is 5.75 Å². The van der Waals surface area contributed by atoms with E-state index in [2.05, 4.69) is 30.4 Å². The lowest BCUT2D eigenvalue weighted by Crippen LogP contribution is -2.49. The fourth-order valence-electron chi connectivity index (χ4n) is 4.86. The molecule has 46 heavy (non-hydrogen) atoms. The van der Waals surface area contributed by atoms with Crippen molar-refractivity contribution in [1.29, 1.82) is 0 Å². The van der Waals surface area contributed by atoms with Crippen LogP contribution in [0.25, 0.3) is 0 Å². The molecule has 4 rings (SSSR count). The molecule has 1 aliphatic heterocycles. The Hall–Kier alpha value is -4.31. The van der Waals surface area contributed by atoms with Crippen molar-refractivity contribution in [2.24, 2.45) is 0 Å². The Bertz CT molecular complexity index is 1660. The average molecular weight is 665 g/mol. The molecule has 1 fully saturated rings. The van der Waals surface area contributed by atoms with Gasteiger partial charge in [0.05, 0.1) is 31.3 Å². The standard InChI is InChI=1S/C30H39F3N8O4S/c1-20-7-8-21(25(15-20)39(4)46(6,43)44)17-34-28-23(30(31,32)33)18-35-29(37-28)36-24-10-9-22(16-26(24)45-5)41-13-11-40(12-14-41)19-27(42)38(2)3/h7-10,15-16,18H,11-14,17,19H2,1-6H3,(H2,34,35,36,37). The van der Waals surface area contributed by atoms with E-state index in [1.54, 1.807) is 50.2 Å². The molecule has 1 aliphatic rings. The molecule has 0 atom stereocenters. The van der Waals surface area contributed by atoms with Gasteiger partial charge in [-0.15, -0.1) is 0 Å². The Labute approximate surface area is 267 Å². The number of alkyl halides is 3. The Morgan fingerprint density at radius 2 is 1.76 bits per heavy atom. The van der Waals surface area contributed by atoms with Crippen LogP contribution in [-0.2, 0) is 27.5 Å². The van der Waals surface area contributed by atoms with Gasteiger partial charge in [0.25, 0.3) is 0 Å². The summed E-state index contributed by atoms with van der Waals surface area (Å²) in [5.74, 6) is -0.0829. The van der Waals surface area contributed by atoms with Gasteiger partial charge < -0.3 is 25.2 Å². The second-order valence-corrected chi connectivity index (χ2v) is 13.2. The van der Waals surface area contributed by atoms with Gasteiger partial charge in [-0.25, -0.2) is 13.4 Å². The van der Waals surface area contributed by atoms with Gasteiger partial charge in [-0.05, 0) is 36.2 Å². The van der Waals surface area contributed by atoms with Crippen LogP contribution >= 0.6 is 0 Å². The zero-order valence-corrected chi connectivity index (χ0v) is 27.5. The minimum Gasteiger partial charge on any atom is -0.494 e. The van der Waals surface area contributed by atoms with Crippen LogP contribution in [0.4, 0.5) is 42.0 Å². The fraction of sp³-hybridized carbons (Fsp3) is 0.433. The van der Waals surface area contributed by atoms with E-state index < -0.39 is 27.6 Å². The molecule has 2 aromatic carbocycles. The summed E-state index contributed by atoms with van der Waals surface area (Å²) in [5, 5.41) is 5.69. The highest BCUT2D eigenvalue weighted by atomic mass is 32.2. The minimum atomic E-state index is -4.75. The number of aryl methyl sites for hydroxylation is 1. The number of piperazine rings is 1. The van der Waals surface area contributed by atoms with Crippen molar-refractivity contribution in [3.63, 3.8) is 0 Å². The number of methoxy groups -OCH3 is 1. The molecule has 0 unspecified atom stereocenters. The van der Waals surface area contributed by atoms with Crippen molar-refractivity contribution in [3.8, 4) is 5.75 Å². The lowest BCUT2D eigenvalue weighted by Gasteiger charge is -2.36. The minimum absolute atomic E-state index is 0.0499. The number of ether oxygens (including phenoxy) is 1. The molecule has 250 valence electrons. The molecule has 0 spiro atoms. The molecular weight excluding hydrogens is 625 g/mol. The van der Waals surface area contributed by atoms with Crippen molar-refractivity contribution in [2.75, 3.05) is 87.1 Å². The predicted octanol–water partition coefficient (Wildman–Crippen LogP) is 3.77. The summed E-state index contributed by atoms with van der Waals surface area (Å²) < 4.78 is 72.9. The maximum Gasteiger partial charge on any atom is 0.421 e. The first-order chi connectivity index (χ1) is 21.6. The predicted molar refractivity (Wildman–Crippen MR) is 172 cm³/mol. The van der Waals surface area contributed by atoms with Gasteiger partial charge in [-0.3, -0.25) is 14.0 Å². The second kappa shape index (κ2) is 14.0. The van der Waals surface area contributed by atoms with Crippen LogP contribution in [0.3, 0.4) is 0 Å². The van der Waals surface area contributed by atoms with Gasteiger partial charge in [0.2, 0.25) is 21.9 Å². The average Bonchev–Trinajstić information content (AvgIpc) is 2.99. The largest absolute Gasteiger partial charge is 0.494 e. The highest BCUT2D eigenvalue weighted by Gasteiger charge is 2.35. The molecule has 3 aromatic rings. The number of amides is 1. The van der Waals surface area contributed by atoms with Crippen LogP contribution in [0, 0.1) is 6.92 Å². The quantitative estimate of drug-likeness (QED) is 0.313. The molecule has 16 heteroatoms. The van der Waals surface area contributed by atoms with E-state index in [1.165, 1.54) is 14.2 Å². The van der Waals surface area contributed by atoms with Crippen molar-refractivity contribution in [2.45, 2.75) is 19.6 Å². The first-order valence-electron chi connectivity index (χ1n) is 14.4. The summed E-state index contributed by atoms with van der Waals surface area (Å²) in [4.78, 5) is 25.9. The molecule has 2 heterocycles. The molecular formula is C30H39F3N8O4S. The van der Waals surface area contributed by atoms with E-state index in [0.29, 0.717) is 61.6 Å². The molecule has 0 aliphatic carbocycles. The van der Waals surface area contributed by atoms with Crippen molar-refractivity contribution >= 4 is 44.8 Å². The number of nitrogens with zero attached hydrogens (tertiary/aromatic N) is 6. The van der Waals surface area contributed by atoms with Gasteiger partial charge in [-0.1, -0.05) is 12.1 Å². The van der Waals surface area contributed by atoms with E-state index in [9.17, 15) is 26.4 Å². The molecule has 1 amide bonds. The summed E-state index contributed by atoms with van der Waals surface area (Å²) in [6, 6.07) is 10.5. The third-order valence-corrected chi connectivity index (χ3v) is 8.84. The number of carbonyl (C=O) groups excluding carboxylic acids is 1. The van der Waals surface area contributed by atoms with Crippen LogP contribution in [0.1, 0.15) is 16.7 Å². The number of rotatable bonds is 11. The number of likely N-dealkylation sites (N-methyl/N-ethyl adjacent to an activating group) is 1. The topological polar surface area (TPSA) is 123 Å². The van der Waals surface area contributed by atoms with Gasteiger partial charge in [0, 0.05) is 71.8 Å². The van der Waals surface area contributed by atoms with Crippen LogP contribution in [0.15, 0.2) is 42.6 Å². The lowest BCUT2D eigenvalue weighted by molar-refractivity contribution is -0.137. The zero-order valence-electron chi connectivity index (χ0n) is 26.6. The van der Waals surface area contributed by atoms with E-state index in [-0.39, 0.29) is 18.4 Å². The summed E-state index contributed by atoms with van der Waals surface area (Å²) in [5.41, 5.74) is 1.85. The van der Waals surface area contributed by atoms with Crippen molar-refractivity contribution in [3.05, 3.63) is 59.3 Å². The van der Waals surface area contributed by atoms with Crippen molar-refractivity contribution < 1.29 is 31.1 Å². The maximum absolute atomic E-state index is 13.9. The third kappa shape index (κ3) is 8.48. The molecule has 0 radical (unpaired) electrons. The Morgan fingerprint density at radius 1 is 1.07 bits per heavy atom. The van der Waals surface area contributed by atoms with E-state index in [0.717, 1.165) is 21.8 Å². The SMILES string of the molecule is COc1cc(N2CCN(CC(=O)N(C)C)CC2)ccc1Nc1ncc(C(F)(F)F)c(NCc2ccc(C)cc2N(C)S(C)(=O)=O)n1. The maximum atomic E-state index is 13.9. The van der Waals surface area contributed by atoms with Crippen LogP contribution < -0.4 is 24.6 Å². The summed E-state index contributed by atoms with van der Waals surface area (Å²) in [6.45, 7) is 4.85.